The summed E-state index contributed by atoms with van der Waals surface area (Å²) >= 11 is 1.59. The lowest BCUT2D eigenvalue weighted by atomic mass is 10.2. The van der Waals surface area contributed by atoms with Crippen molar-refractivity contribution in [1.29, 1.82) is 0 Å². The lowest BCUT2D eigenvalue weighted by Crippen LogP contribution is -1.85. The van der Waals surface area contributed by atoms with Gasteiger partial charge < -0.3 is 0 Å². The summed E-state index contributed by atoms with van der Waals surface area (Å²) in [6.07, 6.45) is 4.67. The second-order valence-corrected chi connectivity index (χ2v) is 4.02. The fraction of sp³-hybridized carbons (Fsp3) is 0.200. The first-order chi connectivity index (χ1) is 6.72. The monoisotopic (exact) mass is 206 g/mol. The van der Waals surface area contributed by atoms with E-state index in [0.29, 0.717) is 5.57 Å². The molecule has 0 atom stereocenters. The van der Waals surface area contributed by atoms with Crippen molar-refractivity contribution < 1.29 is 4.79 Å². The molecule has 4 heteroatoms. The number of thiazole rings is 1. The molecule has 0 aliphatic carbocycles. The summed E-state index contributed by atoms with van der Waals surface area (Å²) in [4.78, 5) is 15.9. The quantitative estimate of drug-likeness (QED) is 0.558. The van der Waals surface area contributed by atoms with E-state index in [0.717, 1.165) is 22.6 Å². The Morgan fingerprint density at radius 2 is 2.43 bits per heavy atom. The minimum Gasteiger partial charge on any atom is -0.298 e. The largest absolute Gasteiger partial charge is 0.298 e. The smallest absolute Gasteiger partial charge is 0.194 e. The second-order valence-electron chi connectivity index (χ2n) is 3.14. The standard InChI is InChI=1S/C10H10N2OS/c1-7(6-13)5-9-8(2)11-10-12(9)3-4-14-10/h3-6H,1-2H3. The van der Waals surface area contributed by atoms with Gasteiger partial charge in [0.15, 0.2) is 4.96 Å². The minimum absolute atomic E-state index is 0.709. The first-order valence-corrected chi connectivity index (χ1v) is 5.16. The molecule has 2 rings (SSSR count). The molecule has 0 aromatic carbocycles. The molecule has 2 aromatic rings. The third kappa shape index (κ3) is 1.37. The van der Waals surface area contributed by atoms with Crippen LogP contribution in [0.1, 0.15) is 18.3 Å². The van der Waals surface area contributed by atoms with Gasteiger partial charge in [0.1, 0.15) is 6.29 Å². The summed E-state index contributed by atoms with van der Waals surface area (Å²) in [5, 5.41) is 1.98. The predicted octanol–water partition coefficient (Wildman–Crippen LogP) is 2.31. The van der Waals surface area contributed by atoms with Gasteiger partial charge in [-0.25, -0.2) is 4.98 Å². The highest BCUT2D eigenvalue weighted by Crippen LogP contribution is 2.18. The topological polar surface area (TPSA) is 34.4 Å². The van der Waals surface area contributed by atoms with Gasteiger partial charge in [0.05, 0.1) is 11.4 Å². The summed E-state index contributed by atoms with van der Waals surface area (Å²) in [6, 6.07) is 0. The first-order valence-electron chi connectivity index (χ1n) is 4.28. The van der Waals surface area contributed by atoms with E-state index in [4.69, 9.17) is 0 Å². The van der Waals surface area contributed by atoms with E-state index in [1.807, 2.05) is 29.0 Å². The summed E-state index contributed by atoms with van der Waals surface area (Å²) in [7, 11) is 0. The Kier molecular flexibility index (Phi) is 2.21. The van der Waals surface area contributed by atoms with E-state index in [1.165, 1.54) is 0 Å². The van der Waals surface area contributed by atoms with Gasteiger partial charge in [-0.3, -0.25) is 9.20 Å². The van der Waals surface area contributed by atoms with Gasteiger partial charge in [-0.15, -0.1) is 11.3 Å². The van der Waals surface area contributed by atoms with Gasteiger partial charge in [0.2, 0.25) is 0 Å². The number of hydrogen-bond donors (Lipinski definition) is 0. The van der Waals surface area contributed by atoms with E-state index >= 15 is 0 Å². The molecule has 0 saturated carbocycles. The lowest BCUT2D eigenvalue weighted by Gasteiger charge is -1.93. The molecule has 3 nitrogen and oxygen atoms in total. The molecule has 14 heavy (non-hydrogen) atoms. The molecule has 0 bridgehead atoms. The van der Waals surface area contributed by atoms with Crippen LogP contribution in [0.25, 0.3) is 11.0 Å². The Labute approximate surface area is 85.7 Å². The van der Waals surface area contributed by atoms with Gasteiger partial charge in [0.25, 0.3) is 0 Å². The Balaban J connectivity index is 2.65. The van der Waals surface area contributed by atoms with Crippen LogP contribution in [0.2, 0.25) is 0 Å². The zero-order valence-electron chi connectivity index (χ0n) is 8.02. The SMILES string of the molecule is CC(C=O)=Cc1c(C)nc2sccn12. The number of nitrogens with zero attached hydrogens (tertiary/aromatic N) is 2. The number of aryl methyl sites for hydroxylation is 1. The van der Waals surface area contributed by atoms with Crippen molar-refractivity contribution in [1.82, 2.24) is 9.38 Å². The Morgan fingerprint density at radius 1 is 1.64 bits per heavy atom. The molecule has 0 aliphatic rings. The number of allylic oxidation sites excluding steroid dienone is 1. The van der Waals surface area contributed by atoms with Gasteiger partial charge in [-0.1, -0.05) is 0 Å². The summed E-state index contributed by atoms with van der Waals surface area (Å²) in [5.74, 6) is 0. The van der Waals surface area contributed by atoms with Gasteiger partial charge in [0, 0.05) is 11.6 Å². The number of fused-ring (bicyclic) bond motifs is 1. The van der Waals surface area contributed by atoms with Crippen LogP contribution >= 0.6 is 11.3 Å². The average molecular weight is 206 g/mol. The number of aromatic nitrogens is 2. The molecule has 0 fully saturated rings. The van der Waals surface area contributed by atoms with Crippen molar-refractivity contribution >= 4 is 28.7 Å². The molecule has 0 saturated heterocycles. The molecule has 0 unspecified atom stereocenters. The van der Waals surface area contributed by atoms with Gasteiger partial charge in [-0.05, 0) is 25.5 Å². The van der Waals surface area contributed by atoms with Crippen molar-refractivity contribution in [2.75, 3.05) is 0 Å². The fourth-order valence-electron chi connectivity index (χ4n) is 1.33. The fourth-order valence-corrected chi connectivity index (χ4v) is 2.10. The van der Waals surface area contributed by atoms with E-state index in [1.54, 1.807) is 18.3 Å². The number of aldehydes is 1. The second kappa shape index (κ2) is 3.38. The maximum absolute atomic E-state index is 10.5. The molecule has 0 N–H and O–H groups in total. The molecule has 0 amide bonds. The van der Waals surface area contributed by atoms with Crippen LogP contribution in [0.15, 0.2) is 17.2 Å². The highest BCUT2D eigenvalue weighted by molar-refractivity contribution is 7.15. The van der Waals surface area contributed by atoms with E-state index in [-0.39, 0.29) is 0 Å². The molecular weight excluding hydrogens is 196 g/mol. The van der Waals surface area contributed by atoms with Crippen LogP contribution in [0, 0.1) is 6.92 Å². The summed E-state index contributed by atoms with van der Waals surface area (Å²) < 4.78 is 1.99. The van der Waals surface area contributed by atoms with Crippen molar-refractivity contribution in [3.8, 4) is 0 Å². The highest BCUT2D eigenvalue weighted by atomic mass is 32.1. The summed E-state index contributed by atoms with van der Waals surface area (Å²) in [6.45, 7) is 3.74. The highest BCUT2D eigenvalue weighted by Gasteiger charge is 2.06. The number of hydrogen-bond acceptors (Lipinski definition) is 3. The van der Waals surface area contributed by atoms with Crippen LogP contribution in [0.3, 0.4) is 0 Å². The van der Waals surface area contributed by atoms with Crippen LogP contribution in [-0.4, -0.2) is 15.7 Å². The molecule has 0 spiro atoms. The first kappa shape index (κ1) is 9.15. The molecular formula is C10H10N2OS. The maximum Gasteiger partial charge on any atom is 0.194 e. The van der Waals surface area contributed by atoms with Gasteiger partial charge in [-0.2, -0.15) is 0 Å². The number of rotatable bonds is 2. The zero-order chi connectivity index (χ0) is 10.1. The van der Waals surface area contributed by atoms with Crippen LogP contribution in [0.5, 0.6) is 0 Å². The van der Waals surface area contributed by atoms with E-state index < -0.39 is 0 Å². The molecule has 0 radical (unpaired) electrons. The molecule has 2 heterocycles. The van der Waals surface area contributed by atoms with Crippen molar-refractivity contribution in [3.05, 3.63) is 28.5 Å². The molecule has 0 aliphatic heterocycles. The molecule has 2 aromatic heterocycles. The lowest BCUT2D eigenvalue weighted by molar-refractivity contribution is -0.104. The maximum atomic E-state index is 10.5. The van der Waals surface area contributed by atoms with Crippen LogP contribution in [-0.2, 0) is 4.79 Å². The Hall–Kier alpha value is -1.42. The zero-order valence-corrected chi connectivity index (χ0v) is 8.84. The van der Waals surface area contributed by atoms with Crippen molar-refractivity contribution in [2.24, 2.45) is 0 Å². The normalized spacial score (nSPS) is 12.3. The van der Waals surface area contributed by atoms with Crippen molar-refractivity contribution in [2.45, 2.75) is 13.8 Å². The number of carbonyl (C=O) groups excluding carboxylic acids is 1. The van der Waals surface area contributed by atoms with Crippen LogP contribution in [0.4, 0.5) is 0 Å². The Bertz CT molecular complexity index is 507. The van der Waals surface area contributed by atoms with Crippen molar-refractivity contribution in [3.63, 3.8) is 0 Å². The van der Waals surface area contributed by atoms with Crippen LogP contribution < -0.4 is 0 Å². The number of imidazole rings is 1. The molecule has 72 valence electrons. The summed E-state index contributed by atoms with van der Waals surface area (Å²) in [5.41, 5.74) is 2.66. The predicted molar refractivity (Wildman–Crippen MR) is 57.5 cm³/mol. The third-order valence-corrected chi connectivity index (χ3v) is 2.79. The average Bonchev–Trinajstić information content (AvgIpc) is 2.70. The van der Waals surface area contributed by atoms with E-state index in [2.05, 4.69) is 4.98 Å². The van der Waals surface area contributed by atoms with E-state index in [9.17, 15) is 4.79 Å². The van der Waals surface area contributed by atoms with Gasteiger partial charge >= 0.3 is 0 Å². The third-order valence-electron chi connectivity index (χ3n) is 2.03. The Morgan fingerprint density at radius 3 is 3.14 bits per heavy atom. The number of carbonyl (C=O) groups is 1. The minimum atomic E-state index is 0.709.